The van der Waals surface area contributed by atoms with E-state index in [1.807, 2.05) is 31.1 Å². The van der Waals surface area contributed by atoms with Crippen LogP contribution in [0.15, 0.2) is 54.6 Å². The lowest BCUT2D eigenvalue weighted by Crippen LogP contribution is -2.36. The summed E-state index contributed by atoms with van der Waals surface area (Å²) in [5.41, 5.74) is 18.5. The van der Waals surface area contributed by atoms with Crippen LogP contribution in [0.4, 0.5) is 11.5 Å². The van der Waals surface area contributed by atoms with Gasteiger partial charge in [-0.3, -0.25) is 0 Å². The number of morpholine rings is 1. The molecular formula is C28H36N4O4. The number of pyridine rings is 1. The van der Waals surface area contributed by atoms with Crippen LogP contribution in [0.1, 0.15) is 29.2 Å². The van der Waals surface area contributed by atoms with E-state index in [-0.39, 0.29) is 13.2 Å². The second kappa shape index (κ2) is 13.6. The highest BCUT2D eigenvalue weighted by Gasteiger charge is 2.17. The summed E-state index contributed by atoms with van der Waals surface area (Å²) >= 11 is 0. The van der Waals surface area contributed by atoms with E-state index >= 15 is 0 Å². The van der Waals surface area contributed by atoms with Crippen molar-refractivity contribution in [2.45, 2.75) is 25.8 Å². The van der Waals surface area contributed by atoms with Gasteiger partial charge in [0.1, 0.15) is 19.2 Å². The van der Waals surface area contributed by atoms with E-state index in [0.717, 1.165) is 54.1 Å². The zero-order valence-electron chi connectivity index (χ0n) is 20.9. The van der Waals surface area contributed by atoms with Crippen molar-refractivity contribution in [1.82, 2.24) is 4.98 Å². The van der Waals surface area contributed by atoms with Gasteiger partial charge in [0.05, 0.1) is 19.8 Å². The van der Waals surface area contributed by atoms with Crippen LogP contribution in [0.2, 0.25) is 0 Å². The van der Waals surface area contributed by atoms with Crippen molar-refractivity contribution in [2.24, 2.45) is 5.73 Å². The predicted molar refractivity (Wildman–Crippen MR) is 143 cm³/mol. The molecule has 1 unspecified atom stereocenters. The minimum absolute atomic E-state index is 0.0455. The summed E-state index contributed by atoms with van der Waals surface area (Å²) in [7, 11) is 0. The zero-order chi connectivity index (χ0) is 25.9. The molecule has 8 nitrogen and oxygen atoms in total. The fourth-order valence-corrected chi connectivity index (χ4v) is 4.37. The number of carbonyl (C=O) groups excluding carboxylic acids is 1. The summed E-state index contributed by atoms with van der Waals surface area (Å²) in [6.45, 7) is 7.20. The molecule has 1 atom stereocenters. The third kappa shape index (κ3) is 7.04. The van der Waals surface area contributed by atoms with Gasteiger partial charge in [0.15, 0.2) is 0 Å². The number of hydrogen-bond donors (Lipinski definition) is 3. The van der Waals surface area contributed by atoms with Crippen LogP contribution in [0.3, 0.4) is 0 Å². The second-order valence-electron chi connectivity index (χ2n) is 8.64. The number of aliphatic hydroxyl groups is 1. The summed E-state index contributed by atoms with van der Waals surface area (Å²) in [6, 6.07) is 18.6. The van der Waals surface area contributed by atoms with Gasteiger partial charge < -0.3 is 35.7 Å². The molecule has 1 saturated heterocycles. The molecule has 36 heavy (non-hydrogen) atoms. The molecule has 0 radical (unpaired) electrons. The molecule has 8 heteroatoms. The lowest BCUT2D eigenvalue weighted by molar-refractivity contribution is -0.0980. The van der Waals surface area contributed by atoms with Gasteiger partial charge in [-0.2, -0.15) is 4.98 Å². The number of carbonyl (C=O) groups is 1. The number of nitrogen functional groups attached to an aromatic ring is 1. The second-order valence-corrected chi connectivity index (χ2v) is 8.64. The monoisotopic (exact) mass is 492 g/mol. The number of aryl methyl sites for hydroxylation is 2. The molecule has 1 aliphatic carbocycles. The van der Waals surface area contributed by atoms with Crippen molar-refractivity contribution in [1.29, 1.82) is 0 Å². The van der Waals surface area contributed by atoms with Gasteiger partial charge in [0.2, 0.25) is 5.88 Å². The number of anilines is 2. The minimum Gasteiger partial charge on any atom is -0.475 e. The number of nitrogens with two attached hydrogens (primary N) is 2. The van der Waals surface area contributed by atoms with Gasteiger partial charge in [-0.15, -0.1) is 0 Å². The molecule has 0 spiro atoms. The van der Waals surface area contributed by atoms with Crippen LogP contribution in [-0.2, 0) is 16.0 Å². The highest BCUT2D eigenvalue weighted by molar-refractivity contribution is 5.74. The molecule has 0 saturated carbocycles. The maximum atomic E-state index is 9.02. The molecular weight excluding hydrogens is 456 g/mol. The highest BCUT2D eigenvalue weighted by atomic mass is 16.5. The molecule has 2 heterocycles. The summed E-state index contributed by atoms with van der Waals surface area (Å²) in [6.07, 6.45) is 2.29. The Morgan fingerprint density at radius 3 is 2.61 bits per heavy atom. The third-order valence-corrected chi connectivity index (χ3v) is 6.22. The predicted octanol–water partition coefficient (Wildman–Crippen LogP) is 3.29. The van der Waals surface area contributed by atoms with Gasteiger partial charge in [-0.25, -0.2) is 0 Å². The molecule has 1 aromatic heterocycles. The molecule has 0 bridgehead atoms. The van der Waals surface area contributed by atoms with Crippen molar-refractivity contribution >= 4 is 18.3 Å². The average molecular weight is 493 g/mol. The van der Waals surface area contributed by atoms with E-state index in [2.05, 4.69) is 47.1 Å². The Balaban J connectivity index is 0.000000249. The number of nitrogens with zero attached hydrogens (tertiary/aromatic N) is 2. The van der Waals surface area contributed by atoms with Gasteiger partial charge in [-0.1, -0.05) is 30.3 Å². The molecule has 3 aromatic rings. The Bertz CT molecular complexity index is 1120. The van der Waals surface area contributed by atoms with Crippen molar-refractivity contribution in [3.8, 4) is 17.0 Å². The highest BCUT2D eigenvalue weighted by Crippen LogP contribution is 2.31. The Labute approximate surface area is 212 Å². The molecule has 0 amide bonds. The average Bonchev–Trinajstić information content (AvgIpc) is 3.31. The van der Waals surface area contributed by atoms with Crippen LogP contribution in [0.5, 0.6) is 5.88 Å². The van der Waals surface area contributed by atoms with Crippen LogP contribution >= 0.6 is 0 Å². The van der Waals surface area contributed by atoms with E-state index < -0.39 is 0 Å². The van der Waals surface area contributed by atoms with Crippen LogP contribution in [0.25, 0.3) is 11.1 Å². The van der Waals surface area contributed by atoms with Gasteiger partial charge >= 0.3 is 0 Å². The molecule has 1 fully saturated rings. The molecule has 1 aliphatic heterocycles. The molecule has 2 aliphatic rings. The summed E-state index contributed by atoms with van der Waals surface area (Å²) in [5.74, 6) is 1.36. The van der Waals surface area contributed by atoms with Gasteiger partial charge in [0, 0.05) is 30.9 Å². The lowest BCUT2D eigenvalue weighted by atomic mass is 10.0. The van der Waals surface area contributed by atoms with E-state index in [1.165, 1.54) is 11.1 Å². The lowest BCUT2D eigenvalue weighted by Gasteiger charge is -2.28. The maximum Gasteiger partial charge on any atom is 0.215 e. The van der Waals surface area contributed by atoms with Crippen molar-refractivity contribution in [3.63, 3.8) is 0 Å². The zero-order valence-corrected chi connectivity index (χ0v) is 20.9. The fourth-order valence-electron chi connectivity index (χ4n) is 4.37. The van der Waals surface area contributed by atoms with E-state index in [4.69, 9.17) is 30.8 Å². The van der Waals surface area contributed by atoms with Crippen molar-refractivity contribution in [3.05, 3.63) is 71.3 Å². The van der Waals surface area contributed by atoms with Crippen molar-refractivity contribution < 1.29 is 19.4 Å². The first-order chi connectivity index (χ1) is 17.5. The fraction of sp³-hybridized carbons (Fsp3) is 0.357. The van der Waals surface area contributed by atoms with E-state index in [1.54, 1.807) is 0 Å². The van der Waals surface area contributed by atoms with E-state index in [9.17, 15) is 0 Å². The van der Waals surface area contributed by atoms with Crippen LogP contribution in [-0.4, -0.2) is 56.4 Å². The Morgan fingerprint density at radius 1 is 1.14 bits per heavy atom. The third-order valence-electron chi connectivity index (χ3n) is 6.22. The van der Waals surface area contributed by atoms with Crippen LogP contribution in [0, 0.1) is 6.92 Å². The molecule has 5 rings (SSSR count). The Kier molecular flexibility index (Phi) is 10.2. The van der Waals surface area contributed by atoms with Crippen molar-refractivity contribution in [2.75, 3.05) is 50.2 Å². The Morgan fingerprint density at radius 2 is 1.89 bits per heavy atom. The number of hydrogen-bond acceptors (Lipinski definition) is 8. The summed E-state index contributed by atoms with van der Waals surface area (Å²) in [5, 5.41) is 9.02. The van der Waals surface area contributed by atoms with Gasteiger partial charge in [-0.05, 0) is 65.8 Å². The number of benzene rings is 2. The summed E-state index contributed by atoms with van der Waals surface area (Å²) < 4.78 is 11.0. The number of ether oxygens (including phenoxy) is 2. The topological polar surface area (TPSA) is 124 Å². The van der Waals surface area contributed by atoms with Crippen LogP contribution < -0.4 is 21.1 Å². The first-order valence-electron chi connectivity index (χ1n) is 12.1. The molecule has 2 aromatic carbocycles. The number of rotatable bonds is 5. The normalized spacial score (nSPS) is 16.2. The minimum atomic E-state index is -0.0455. The largest absolute Gasteiger partial charge is 0.475 e. The standard InChI is InChI=1S/C18H23N3O3.C9H11N.CH2O/c1-13-2-3-15(19)12-16(13)14-10-17(21-4-7-23-8-5-21)20-18(11-14)24-9-6-22;10-9-6-5-7-3-1-2-4-8(7)9;1-2/h2-3,10-12,22H,4-9,19H2,1H3;1-4,9H,5-6,10H2;1H2. The van der Waals surface area contributed by atoms with E-state index in [0.29, 0.717) is 25.1 Å². The maximum absolute atomic E-state index is 9.02. The summed E-state index contributed by atoms with van der Waals surface area (Å²) in [4.78, 5) is 14.8. The number of fused-ring (bicyclic) bond motifs is 1. The first kappa shape index (κ1) is 27.1. The Hall–Kier alpha value is -3.46. The number of aliphatic hydroxyl groups excluding tert-OH is 1. The SMILES string of the molecule is C=O.Cc1ccc(N)cc1-c1cc(OCCO)nc(N2CCOCC2)c1.NC1CCc2ccccc21. The first-order valence-corrected chi connectivity index (χ1v) is 12.1. The van der Waals surface area contributed by atoms with Gasteiger partial charge in [0.25, 0.3) is 0 Å². The quantitative estimate of drug-likeness (QED) is 0.464. The molecule has 192 valence electrons. The smallest absolute Gasteiger partial charge is 0.215 e. The number of aromatic nitrogens is 1. The molecule has 5 N–H and O–H groups in total.